The third kappa shape index (κ3) is 3.23. The lowest BCUT2D eigenvalue weighted by Crippen LogP contribution is -2.54. The van der Waals surface area contributed by atoms with Crippen LogP contribution in [0, 0.1) is 5.41 Å². The largest absolute Gasteiger partial charge is 0.339 e. The summed E-state index contributed by atoms with van der Waals surface area (Å²) in [5.74, 6) is 0.200. The molecular weight excluding hydrogens is 256 g/mol. The molecule has 6 nitrogen and oxygen atoms in total. The van der Waals surface area contributed by atoms with Gasteiger partial charge in [0.05, 0.1) is 0 Å². The Morgan fingerprint density at radius 3 is 2.20 bits per heavy atom. The lowest BCUT2D eigenvalue weighted by atomic mass is 9.66. The quantitative estimate of drug-likeness (QED) is 0.782. The van der Waals surface area contributed by atoms with Gasteiger partial charge in [-0.25, -0.2) is 4.79 Å². The minimum atomic E-state index is -0.0305. The molecular formula is C14H26N4O2. The summed E-state index contributed by atoms with van der Waals surface area (Å²) in [4.78, 5) is 27.7. The molecule has 0 bridgehead atoms. The third-order valence-corrected chi connectivity index (χ3v) is 4.62. The number of hydrogen-bond donors (Lipinski definition) is 2. The molecule has 1 saturated carbocycles. The van der Waals surface area contributed by atoms with Crippen LogP contribution >= 0.6 is 0 Å². The van der Waals surface area contributed by atoms with E-state index in [1.807, 2.05) is 11.8 Å². The molecule has 3 N–H and O–H groups in total. The highest BCUT2D eigenvalue weighted by atomic mass is 16.2. The van der Waals surface area contributed by atoms with Gasteiger partial charge in [0, 0.05) is 39.1 Å². The zero-order valence-electron chi connectivity index (χ0n) is 12.4. The second-order valence-corrected chi connectivity index (χ2v) is 5.94. The van der Waals surface area contributed by atoms with Crippen molar-refractivity contribution in [3.8, 4) is 0 Å². The van der Waals surface area contributed by atoms with Crippen LogP contribution in [0.3, 0.4) is 0 Å². The van der Waals surface area contributed by atoms with Crippen LogP contribution in [0.4, 0.5) is 4.79 Å². The van der Waals surface area contributed by atoms with Crippen LogP contribution in [0.5, 0.6) is 0 Å². The molecule has 2 fully saturated rings. The van der Waals surface area contributed by atoms with Gasteiger partial charge in [0.1, 0.15) is 0 Å². The van der Waals surface area contributed by atoms with Crippen LogP contribution in [-0.4, -0.2) is 61.0 Å². The first-order valence-corrected chi connectivity index (χ1v) is 7.61. The van der Waals surface area contributed by atoms with Crippen molar-refractivity contribution in [2.24, 2.45) is 11.1 Å². The average Bonchev–Trinajstić information content (AvgIpc) is 2.43. The summed E-state index contributed by atoms with van der Waals surface area (Å²) in [5, 5.41) is 2.79. The second kappa shape index (κ2) is 6.43. The van der Waals surface area contributed by atoms with E-state index in [1.165, 1.54) is 6.42 Å². The van der Waals surface area contributed by atoms with E-state index in [9.17, 15) is 9.59 Å². The molecule has 1 saturated heterocycles. The maximum absolute atomic E-state index is 12.3. The van der Waals surface area contributed by atoms with Gasteiger partial charge in [-0.3, -0.25) is 4.79 Å². The molecule has 0 atom stereocenters. The number of carbonyl (C=O) groups excluding carboxylic acids is 2. The number of urea groups is 1. The van der Waals surface area contributed by atoms with Crippen molar-refractivity contribution in [3.63, 3.8) is 0 Å². The Kier molecular flexibility index (Phi) is 4.86. The van der Waals surface area contributed by atoms with Gasteiger partial charge in [0.25, 0.3) is 0 Å². The molecule has 2 aliphatic rings. The van der Waals surface area contributed by atoms with Gasteiger partial charge in [0.15, 0.2) is 0 Å². The van der Waals surface area contributed by atoms with Crippen LogP contribution in [0.2, 0.25) is 0 Å². The Bertz CT molecular complexity index is 355. The molecule has 0 aromatic carbocycles. The average molecular weight is 282 g/mol. The van der Waals surface area contributed by atoms with E-state index in [2.05, 4.69) is 5.32 Å². The molecule has 6 heteroatoms. The minimum Gasteiger partial charge on any atom is -0.339 e. The summed E-state index contributed by atoms with van der Waals surface area (Å²) in [6, 6.07) is -0.0305. The molecule has 0 radical (unpaired) electrons. The number of rotatable bonds is 4. The van der Waals surface area contributed by atoms with Crippen molar-refractivity contribution in [3.05, 3.63) is 0 Å². The maximum Gasteiger partial charge on any atom is 0.317 e. The highest BCUT2D eigenvalue weighted by Crippen LogP contribution is 2.43. The van der Waals surface area contributed by atoms with E-state index >= 15 is 0 Å². The normalized spacial score (nSPS) is 21.3. The van der Waals surface area contributed by atoms with Crippen LogP contribution in [0.15, 0.2) is 0 Å². The van der Waals surface area contributed by atoms with E-state index in [0.29, 0.717) is 45.7 Å². The van der Waals surface area contributed by atoms with Gasteiger partial charge in [-0.15, -0.1) is 0 Å². The molecule has 0 aromatic heterocycles. The number of carbonyl (C=O) groups is 2. The first-order valence-electron chi connectivity index (χ1n) is 7.61. The molecule has 2 rings (SSSR count). The van der Waals surface area contributed by atoms with Crippen LogP contribution in [0.1, 0.15) is 32.6 Å². The van der Waals surface area contributed by atoms with Gasteiger partial charge in [-0.1, -0.05) is 6.42 Å². The number of nitrogens with zero attached hydrogens (tertiary/aromatic N) is 2. The SMILES string of the molecule is CCNC(=O)N1CCN(C(=O)CC2(CN)CCC2)CC1. The molecule has 1 aliphatic heterocycles. The van der Waals surface area contributed by atoms with Crippen molar-refractivity contribution in [2.75, 3.05) is 39.3 Å². The fourth-order valence-electron chi connectivity index (χ4n) is 2.98. The van der Waals surface area contributed by atoms with Crippen molar-refractivity contribution < 1.29 is 9.59 Å². The molecule has 0 aromatic rings. The molecule has 114 valence electrons. The second-order valence-electron chi connectivity index (χ2n) is 5.94. The Morgan fingerprint density at radius 1 is 1.15 bits per heavy atom. The fraction of sp³-hybridized carbons (Fsp3) is 0.857. The number of nitrogens with two attached hydrogens (primary N) is 1. The summed E-state index contributed by atoms with van der Waals surface area (Å²) < 4.78 is 0. The van der Waals surface area contributed by atoms with Crippen molar-refractivity contribution in [1.29, 1.82) is 0 Å². The van der Waals surface area contributed by atoms with E-state index in [0.717, 1.165) is 12.8 Å². The summed E-state index contributed by atoms with van der Waals surface area (Å²) in [6.45, 7) is 5.66. The molecule has 1 aliphatic carbocycles. The number of piperazine rings is 1. The van der Waals surface area contributed by atoms with Gasteiger partial charge in [-0.2, -0.15) is 0 Å². The Labute approximate surface area is 120 Å². The Balaban J connectivity index is 1.78. The predicted octanol–water partition coefficient (Wildman–Crippen LogP) is 0.379. The molecule has 0 spiro atoms. The first-order chi connectivity index (χ1) is 9.60. The van der Waals surface area contributed by atoms with E-state index < -0.39 is 0 Å². The summed E-state index contributed by atoms with van der Waals surface area (Å²) >= 11 is 0. The monoisotopic (exact) mass is 282 g/mol. The fourth-order valence-corrected chi connectivity index (χ4v) is 2.98. The lowest BCUT2D eigenvalue weighted by molar-refractivity contribution is -0.136. The maximum atomic E-state index is 12.3. The van der Waals surface area contributed by atoms with E-state index in [-0.39, 0.29) is 17.4 Å². The number of nitrogens with one attached hydrogen (secondary N) is 1. The zero-order chi connectivity index (χ0) is 14.6. The zero-order valence-corrected chi connectivity index (χ0v) is 12.4. The summed E-state index contributed by atoms with van der Waals surface area (Å²) in [6.07, 6.45) is 3.92. The van der Waals surface area contributed by atoms with Crippen LogP contribution in [-0.2, 0) is 4.79 Å². The first kappa shape index (κ1) is 15.1. The van der Waals surface area contributed by atoms with Crippen molar-refractivity contribution in [1.82, 2.24) is 15.1 Å². The van der Waals surface area contributed by atoms with Crippen molar-refractivity contribution >= 4 is 11.9 Å². The Morgan fingerprint density at radius 2 is 1.75 bits per heavy atom. The molecule has 3 amide bonds. The summed E-state index contributed by atoms with van der Waals surface area (Å²) in [7, 11) is 0. The highest BCUT2D eigenvalue weighted by molar-refractivity contribution is 5.78. The van der Waals surface area contributed by atoms with Gasteiger partial charge >= 0.3 is 6.03 Å². The molecule has 1 heterocycles. The molecule has 20 heavy (non-hydrogen) atoms. The summed E-state index contributed by atoms with van der Waals surface area (Å²) in [5.41, 5.74) is 5.87. The van der Waals surface area contributed by atoms with Gasteiger partial charge < -0.3 is 20.9 Å². The van der Waals surface area contributed by atoms with Gasteiger partial charge in [-0.05, 0) is 31.7 Å². The third-order valence-electron chi connectivity index (χ3n) is 4.62. The van der Waals surface area contributed by atoms with Crippen LogP contribution < -0.4 is 11.1 Å². The lowest BCUT2D eigenvalue weighted by Gasteiger charge is -2.42. The predicted molar refractivity (Wildman–Crippen MR) is 77.2 cm³/mol. The van der Waals surface area contributed by atoms with E-state index in [1.54, 1.807) is 4.90 Å². The Hall–Kier alpha value is -1.30. The standard InChI is InChI=1S/C14H26N4O2/c1-2-16-13(20)18-8-6-17(7-9-18)12(19)10-14(11-15)4-3-5-14/h2-11,15H2,1H3,(H,16,20). The molecule has 0 unspecified atom stereocenters. The topological polar surface area (TPSA) is 78.7 Å². The minimum absolute atomic E-state index is 0.0305. The number of hydrogen-bond acceptors (Lipinski definition) is 3. The smallest absolute Gasteiger partial charge is 0.317 e. The number of amides is 3. The van der Waals surface area contributed by atoms with Crippen molar-refractivity contribution in [2.45, 2.75) is 32.6 Å². The van der Waals surface area contributed by atoms with E-state index in [4.69, 9.17) is 5.73 Å². The van der Waals surface area contributed by atoms with Crippen LogP contribution in [0.25, 0.3) is 0 Å². The van der Waals surface area contributed by atoms with Gasteiger partial charge in [0.2, 0.25) is 5.91 Å². The highest BCUT2D eigenvalue weighted by Gasteiger charge is 2.39.